The van der Waals surface area contributed by atoms with Crippen molar-refractivity contribution in [2.45, 2.75) is 0 Å². The predicted octanol–water partition coefficient (Wildman–Crippen LogP) is 12.6. The summed E-state index contributed by atoms with van der Waals surface area (Å²) in [6.07, 6.45) is 0. The Morgan fingerprint density at radius 1 is 0.353 bits per heavy atom. The maximum atomic E-state index is 5.28. The summed E-state index contributed by atoms with van der Waals surface area (Å²) in [5.74, 6) is 0. The standard InChI is InChI=1S/C48H29N3/c1-3-13-30(14-4-1)32-17-11-18-35(27-32)51-43-24-12-21-38-36-19-7-8-20-37(36)40-28-33-25-26-34(29-39(33)48(51)45(40)44(38)43)47-46(31-15-5-2-6-16-31)49-41-22-9-10-23-42(41)50-47/h1-29H. The molecule has 0 radical (unpaired) electrons. The second-order valence-corrected chi connectivity index (χ2v) is 13.4. The molecule has 3 heteroatoms. The summed E-state index contributed by atoms with van der Waals surface area (Å²) in [6, 6.07) is 63.0. The van der Waals surface area contributed by atoms with Crippen LogP contribution in [0.3, 0.4) is 0 Å². The van der Waals surface area contributed by atoms with Gasteiger partial charge in [-0.2, -0.15) is 0 Å². The number of para-hydroxylation sites is 2. The Kier molecular flexibility index (Phi) is 5.96. The third kappa shape index (κ3) is 4.19. The lowest BCUT2D eigenvalue weighted by atomic mass is 9.91. The summed E-state index contributed by atoms with van der Waals surface area (Å²) in [7, 11) is 0. The van der Waals surface area contributed by atoms with E-state index in [4.69, 9.17) is 9.97 Å². The molecule has 0 fully saturated rings. The van der Waals surface area contributed by atoms with Gasteiger partial charge in [-0.15, -0.1) is 0 Å². The van der Waals surface area contributed by atoms with E-state index in [9.17, 15) is 0 Å². The highest BCUT2D eigenvalue weighted by molar-refractivity contribution is 6.38. The topological polar surface area (TPSA) is 30.7 Å². The predicted molar refractivity (Wildman–Crippen MR) is 214 cm³/mol. The SMILES string of the molecule is c1ccc(-c2cccc(-n3c4cccc5c6ccccc6c6cc7ccc(-c8nc9ccccc9nc8-c8ccccc8)cc7c3c6c54)c2)cc1. The van der Waals surface area contributed by atoms with Crippen LogP contribution in [-0.4, -0.2) is 14.5 Å². The van der Waals surface area contributed by atoms with Gasteiger partial charge in [-0.25, -0.2) is 9.97 Å². The minimum absolute atomic E-state index is 0.880. The van der Waals surface area contributed by atoms with Crippen molar-refractivity contribution in [2.75, 3.05) is 0 Å². The summed E-state index contributed by atoms with van der Waals surface area (Å²) in [5, 5.41) is 10.1. The van der Waals surface area contributed by atoms with E-state index in [0.717, 1.165) is 39.2 Å². The van der Waals surface area contributed by atoms with Gasteiger partial charge in [-0.05, 0) is 80.5 Å². The van der Waals surface area contributed by atoms with E-state index in [1.165, 1.54) is 65.3 Å². The fourth-order valence-electron chi connectivity index (χ4n) is 8.23. The van der Waals surface area contributed by atoms with Gasteiger partial charge in [0.25, 0.3) is 0 Å². The van der Waals surface area contributed by atoms with Crippen molar-refractivity contribution in [3.05, 3.63) is 176 Å². The van der Waals surface area contributed by atoms with Crippen LogP contribution >= 0.6 is 0 Å². The molecule has 0 saturated carbocycles. The molecule has 0 bridgehead atoms. The molecule has 0 saturated heterocycles. The lowest BCUT2D eigenvalue weighted by Gasteiger charge is -2.15. The Hall–Kier alpha value is -6.84. The quantitative estimate of drug-likeness (QED) is 0.141. The summed E-state index contributed by atoms with van der Waals surface area (Å²) >= 11 is 0. The van der Waals surface area contributed by atoms with Crippen LogP contribution in [0.2, 0.25) is 0 Å². The molecular weight excluding hydrogens is 619 g/mol. The first-order valence-corrected chi connectivity index (χ1v) is 17.4. The van der Waals surface area contributed by atoms with Gasteiger partial charge in [0.2, 0.25) is 0 Å². The lowest BCUT2D eigenvalue weighted by molar-refractivity contribution is 1.19. The molecule has 0 amide bonds. The summed E-state index contributed by atoms with van der Waals surface area (Å²) in [5.41, 5.74) is 11.6. The number of aromatic nitrogens is 3. The highest BCUT2D eigenvalue weighted by Gasteiger charge is 2.23. The largest absolute Gasteiger partial charge is 0.309 e. The number of hydrogen-bond acceptors (Lipinski definition) is 2. The van der Waals surface area contributed by atoms with Gasteiger partial charge in [0.05, 0.1) is 33.5 Å². The van der Waals surface area contributed by atoms with Crippen molar-refractivity contribution in [3.63, 3.8) is 0 Å². The lowest BCUT2D eigenvalue weighted by Crippen LogP contribution is -1.97. The van der Waals surface area contributed by atoms with Gasteiger partial charge < -0.3 is 4.57 Å². The molecule has 0 spiro atoms. The Morgan fingerprint density at radius 2 is 0.961 bits per heavy atom. The Morgan fingerprint density at radius 3 is 1.73 bits per heavy atom. The van der Waals surface area contributed by atoms with Crippen LogP contribution in [0.25, 0.3) is 104 Å². The van der Waals surface area contributed by atoms with Crippen molar-refractivity contribution < 1.29 is 0 Å². The van der Waals surface area contributed by atoms with Crippen LogP contribution in [0.4, 0.5) is 0 Å². The molecule has 11 rings (SSSR count). The van der Waals surface area contributed by atoms with Crippen LogP contribution in [0, 0.1) is 0 Å². The van der Waals surface area contributed by atoms with Crippen molar-refractivity contribution in [1.29, 1.82) is 0 Å². The molecule has 51 heavy (non-hydrogen) atoms. The monoisotopic (exact) mass is 647 g/mol. The van der Waals surface area contributed by atoms with E-state index in [1.54, 1.807) is 0 Å². The molecule has 3 nitrogen and oxygen atoms in total. The summed E-state index contributed by atoms with van der Waals surface area (Å²) in [4.78, 5) is 10.5. The van der Waals surface area contributed by atoms with Gasteiger partial charge in [-0.3, -0.25) is 0 Å². The first-order chi connectivity index (χ1) is 25.3. The molecule has 0 aliphatic heterocycles. The molecular formula is C48H29N3. The molecule has 2 aromatic heterocycles. The summed E-state index contributed by atoms with van der Waals surface area (Å²) in [6.45, 7) is 0. The molecule has 0 atom stereocenters. The first kappa shape index (κ1) is 28.0. The second kappa shape index (κ2) is 10.8. The molecule has 0 unspecified atom stereocenters. The van der Waals surface area contributed by atoms with E-state index in [-0.39, 0.29) is 0 Å². The Labute approximate surface area is 294 Å². The Bertz CT molecular complexity index is 3120. The number of rotatable bonds is 4. The molecule has 236 valence electrons. The molecule has 2 heterocycles. The van der Waals surface area contributed by atoms with E-state index < -0.39 is 0 Å². The maximum Gasteiger partial charge on any atom is 0.0973 e. The van der Waals surface area contributed by atoms with Crippen LogP contribution < -0.4 is 0 Å². The van der Waals surface area contributed by atoms with Gasteiger partial charge in [0.1, 0.15) is 0 Å². The van der Waals surface area contributed by atoms with Crippen LogP contribution in [0.5, 0.6) is 0 Å². The Balaban J connectivity index is 1.29. The van der Waals surface area contributed by atoms with E-state index in [1.807, 2.05) is 24.3 Å². The average Bonchev–Trinajstić information content (AvgIpc) is 3.57. The molecule has 0 aliphatic rings. The van der Waals surface area contributed by atoms with E-state index >= 15 is 0 Å². The fraction of sp³-hybridized carbons (Fsp3) is 0. The van der Waals surface area contributed by atoms with Gasteiger partial charge in [-0.1, -0.05) is 133 Å². The zero-order valence-electron chi connectivity index (χ0n) is 27.6. The summed E-state index contributed by atoms with van der Waals surface area (Å²) < 4.78 is 2.49. The van der Waals surface area contributed by atoms with Crippen LogP contribution in [-0.2, 0) is 0 Å². The van der Waals surface area contributed by atoms with E-state index in [0.29, 0.717) is 0 Å². The van der Waals surface area contributed by atoms with Crippen molar-refractivity contribution >= 4 is 65.2 Å². The molecule has 9 aromatic carbocycles. The normalized spacial score (nSPS) is 11.9. The average molecular weight is 648 g/mol. The zero-order valence-corrected chi connectivity index (χ0v) is 27.6. The van der Waals surface area contributed by atoms with Crippen molar-refractivity contribution in [3.8, 4) is 39.3 Å². The minimum Gasteiger partial charge on any atom is -0.309 e. The van der Waals surface area contributed by atoms with Crippen molar-refractivity contribution in [1.82, 2.24) is 14.5 Å². The maximum absolute atomic E-state index is 5.28. The van der Waals surface area contributed by atoms with Gasteiger partial charge >= 0.3 is 0 Å². The van der Waals surface area contributed by atoms with Crippen LogP contribution in [0.1, 0.15) is 0 Å². The number of hydrogen-bond donors (Lipinski definition) is 0. The first-order valence-electron chi connectivity index (χ1n) is 17.4. The van der Waals surface area contributed by atoms with Crippen LogP contribution in [0.15, 0.2) is 176 Å². The minimum atomic E-state index is 0.880. The smallest absolute Gasteiger partial charge is 0.0973 e. The van der Waals surface area contributed by atoms with Gasteiger partial charge in [0, 0.05) is 33.0 Å². The van der Waals surface area contributed by atoms with E-state index in [2.05, 4.69) is 156 Å². The number of benzene rings is 9. The third-order valence-corrected chi connectivity index (χ3v) is 10.5. The van der Waals surface area contributed by atoms with Gasteiger partial charge in [0.15, 0.2) is 0 Å². The highest BCUT2D eigenvalue weighted by Crippen LogP contribution is 2.47. The van der Waals surface area contributed by atoms with Crippen molar-refractivity contribution in [2.24, 2.45) is 0 Å². The molecule has 11 aromatic rings. The number of nitrogens with zero attached hydrogens (tertiary/aromatic N) is 3. The number of fused-ring (bicyclic) bond motifs is 6. The zero-order chi connectivity index (χ0) is 33.5. The molecule has 0 aliphatic carbocycles. The molecule has 0 N–H and O–H groups in total. The fourth-order valence-corrected chi connectivity index (χ4v) is 8.23. The highest BCUT2D eigenvalue weighted by atomic mass is 15.0. The third-order valence-electron chi connectivity index (χ3n) is 10.5. The second-order valence-electron chi connectivity index (χ2n) is 13.4.